The Kier molecular flexibility index (Phi) is 6.51. The Balaban J connectivity index is 2.31. The highest BCUT2D eigenvalue weighted by atomic mass is 16.1. The summed E-state index contributed by atoms with van der Waals surface area (Å²) in [6.07, 6.45) is 2.03. The second-order valence-electron chi connectivity index (χ2n) is 6.40. The van der Waals surface area contributed by atoms with Crippen LogP contribution in [0.4, 0.5) is 11.6 Å². The van der Waals surface area contributed by atoms with E-state index in [9.17, 15) is 4.79 Å². The normalized spacial score (nSPS) is 10.6. The molecule has 2 aromatic rings. The number of aromatic nitrogens is 2. The van der Waals surface area contributed by atoms with Crippen LogP contribution in [-0.2, 0) is 0 Å². The van der Waals surface area contributed by atoms with Crippen molar-refractivity contribution in [2.75, 3.05) is 23.3 Å². The number of nitrogens with zero attached hydrogens (tertiary/aromatic N) is 3. The summed E-state index contributed by atoms with van der Waals surface area (Å²) in [7, 11) is 0. The Hall–Kier alpha value is -2.43. The number of carbonyl (C=O) groups excluding carboxylic acids is 1. The zero-order valence-electron chi connectivity index (χ0n) is 15.9. The van der Waals surface area contributed by atoms with E-state index in [4.69, 9.17) is 0 Å². The maximum Gasteiger partial charge on any atom is 0.274 e. The van der Waals surface area contributed by atoms with Gasteiger partial charge in [0, 0.05) is 24.5 Å². The zero-order valence-corrected chi connectivity index (χ0v) is 15.9. The standard InChI is InChI=1S/C20H28N4O/c1-6-11-24(12-7-2)20-21-16(5)13-17(22-20)19(25)23-18-14(3)9-8-10-15(18)4/h8-10,13H,6-7,11-12H2,1-5H3,(H,23,25). The molecule has 1 aromatic heterocycles. The summed E-state index contributed by atoms with van der Waals surface area (Å²) in [5.41, 5.74) is 4.14. The number of rotatable bonds is 7. The van der Waals surface area contributed by atoms with Gasteiger partial charge in [0.25, 0.3) is 5.91 Å². The van der Waals surface area contributed by atoms with Crippen molar-refractivity contribution in [3.8, 4) is 0 Å². The minimum atomic E-state index is -0.197. The number of hydrogen-bond acceptors (Lipinski definition) is 4. The van der Waals surface area contributed by atoms with Gasteiger partial charge in [-0.3, -0.25) is 4.79 Å². The van der Waals surface area contributed by atoms with E-state index in [1.807, 2.05) is 39.0 Å². The van der Waals surface area contributed by atoms with Crippen LogP contribution in [0.1, 0.15) is 54.0 Å². The third-order valence-electron chi connectivity index (χ3n) is 4.06. The van der Waals surface area contributed by atoms with Crippen molar-refractivity contribution in [2.24, 2.45) is 0 Å². The maximum atomic E-state index is 12.7. The van der Waals surface area contributed by atoms with Gasteiger partial charge >= 0.3 is 0 Å². The molecule has 1 aromatic carbocycles. The topological polar surface area (TPSA) is 58.1 Å². The van der Waals surface area contributed by atoms with Gasteiger partial charge < -0.3 is 10.2 Å². The molecule has 134 valence electrons. The Morgan fingerprint density at radius 3 is 2.20 bits per heavy atom. The van der Waals surface area contributed by atoms with Crippen LogP contribution in [0, 0.1) is 20.8 Å². The number of benzene rings is 1. The van der Waals surface area contributed by atoms with Gasteiger partial charge in [0.1, 0.15) is 5.69 Å². The fourth-order valence-electron chi connectivity index (χ4n) is 2.85. The van der Waals surface area contributed by atoms with E-state index >= 15 is 0 Å². The predicted octanol–water partition coefficient (Wildman–Crippen LogP) is 4.28. The van der Waals surface area contributed by atoms with Crippen molar-refractivity contribution < 1.29 is 4.79 Å². The highest BCUT2D eigenvalue weighted by Crippen LogP contribution is 2.20. The van der Waals surface area contributed by atoms with Gasteiger partial charge in [-0.25, -0.2) is 9.97 Å². The van der Waals surface area contributed by atoms with Gasteiger partial charge in [-0.05, 0) is 50.8 Å². The Morgan fingerprint density at radius 1 is 1.04 bits per heavy atom. The molecule has 1 heterocycles. The largest absolute Gasteiger partial charge is 0.341 e. The van der Waals surface area contributed by atoms with Crippen LogP contribution in [-0.4, -0.2) is 29.0 Å². The third-order valence-corrected chi connectivity index (χ3v) is 4.06. The molecular weight excluding hydrogens is 312 g/mol. The molecule has 2 rings (SSSR count). The number of anilines is 2. The molecule has 0 radical (unpaired) electrons. The minimum absolute atomic E-state index is 0.197. The van der Waals surface area contributed by atoms with Crippen LogP contribution in [0.3, 0.4) is 0 Å². The van der Waals surface area contributed by atoms with E-state index in [0.717, 1.165) is 48.4 Å². The molecule has 0 saturated carbocycles. The average molecular weight is 340 g/mol. The molecule has 1 amide bonds. The van der Waals surface area contributed by atoms with E-state index < -0.39 is 0 Å². The smallest absolute Gasteiger partial charge is 0.274 e. The van der Waals surface area contributed by atoms with Crippen LogP contribution in [0.2, 0.25) is 0 Å². The van der Waals surface area contributed by atoms with Crippen molar-refractivity contribution in [1.82, 2.24) is 9.97 Å². The first-order chi connectivity index (χ1) is 12.0. The zero-order chi connectivity index (χ0) is 18.4. The first-order valence-electron chi connectivity index (χ1n) is 8.94. The number of hydrogen-bond donors (Lipinski definition) is 1. The monoisotopic (exact) mass is 340 g/mol. The molecule has 25 heavy (non-hydrogen) atoms. The summed E-state index contributed by atoms with van der Waals surface area (Å²) in [5, 5.41) is 3.00. The molecule has 0 aliphatic rings. The van der Waals surface area contributed by atoms with Crippen molar-refractivity contribution >= 4 is 17.5 Å². The van der Waals surface area contributed by atoms with Crippen molar-refractivity contribution in [3.05, 3.63) is 46.8 Å². The van der Waals surface area contributed by atoms with Gasteiger partial charge in [-0.1, -0.05) is 32.0 Å². The first kappa shape index (κ1) is 18.9. The van der Waals surface area contributed by atoms with E-state index in [1.165, 1.54) is 0 Å². The average Bonchev–Trinajstić information content (AvgIpc) is 2.57. The number of carbonyl (C=O) groups is 1. The molecule has 0 unspecified atom stereocenters. The summed E-state index contributed by atoms with van der Waals surface area (Å²) in [4.78, 5) is 23.9. The second kappa shape index (κ2) is 8.60. The Bertz CT molecular complexity index is 716. The molecule has 5 nitrogen and oxygen atoms in total. The summed E-state index contributed by atoms with van der Waals surface area (Å²) in [6.45, 7) is 11.9. The molecule has 0 spiro atoms. The SMILES string of the molecule is CCCN(CCC)c1nc(C)cc(C(=O)Nc2c(C)cccc2C)n1. The first-order valence-corrected chi connectivity index (χ1v) is 8.94. The van der Waals surface area contributed by atoms with Crippen molar-refractivity contribution in [1.29, 1.82) is 0 Å². The number of nitrogens with one attached hydrogen (secondary N) is 1. The highest BCUT2D eigenvalue weighted by molar-refractivity contribution is 6.03. The van der Waals surface area contributed by atoms with Crippen LogP contribution in [0.5, 0.6) is 0 Å². The summed E-state index contributed by atoms with van der Waals surface area (Å²) in [6, 6.07) is 7.70. The molecule has 5 heteroatoms. The predicted molar refractivity (Wildman–Crippen MR) is 103 cm³/mol. The van der Waals surface area contributed by atoms with E-state index in [0.29, 0.717) is 11.6 Å². The number of para-hydroxylation sites is 1. The van der Waals surface area contributed by atoms with E-state index in [1.54, 1.807) is 6.07 Å². The van der Waals surface area contributed by atoms with Gasteiger partial charge in [-0.15, -0.1) is 0 Å². The van der Waals surface area contributed by atoms with Crippen LogP contribution in [0.15, 0.2) is 24.3 Å². The van der Waals surface area contributed by atoms with Gasteiger partial charge in [0.15, 0.2) is 0 Å². The fourth-order valence-corrected chi connectivity index (χ4v) is 2.85. The second-order valence-corrected chi connectivity index (χ2v) is 6.40. The number of aryl methyl sites for hydroxylation is 3. The molecule has 0 atom stereocenters. The molecule has 0 aliphatic carbocycles. The summed E-state index contributed by atoms with van der Waals surface area (Å²) >= 11 is 0. The van der Waals surface area contributed by atoms with Crippen LogP contribution in [0.25, 0.3) is 0 Å². The molecular formula is C20H28N4O. The molecule has 0 saturated heterocycles. The van der Waals surface area contributed by atoms with Gasteiger partial charge in [0.2, 0.25) is 5.95 Å². The summed E-state index contributed by atoms with van der Waals surface area (Å²) < 4.78 is 0. The Morgan fingerprint density at radius 2 is 1.64 bits per heavy atom. The molecule has 0 fully saturated rings. The lowest BCUT2D eigenvalue weighted by Gasteiger charge is -2.22. The minimum Gasteiger partial charge on any atom is -0.341 e. The van der Waals surface area contributed by atoms with Gasteiger partial charge in [0.05, 0.1) is 0 Å². The lowest BCUT2D eigenvalue weighted by molar-refractivity contribution is 0.102. The van der Waals surface area contributed by atoms with Crippen molar-refractivity contribution in [2.45, 2.75) is 47.5 Å². The van der Waals surface area contributed by atoms with E-state index in [-0.39, 0.29) is 5.91 Å². The Labute approximate surface area is 150 Å². The molecule has 0 aliphatic heterocycles. The van der Waals surface area contributed by atoms with Gasteiger partial charge in [-0.2, -0.15) is 0 Å². The summed E-state index contributed by atoms with van der Waals surface area (Å²) in [5.74, 6) is 0.437. The molecule has 0 bridgehead atoms. The lowest BCUT2D eigenvalue weighted by atomic mass is 10.1. The van der Waals surface area contributed by atoms with E-state index in [2.05, 4.69) is 34.0 Å². The fraction of sp³-hybridized carbons (Fsp3) is 0.450. The van der Waals surface area contributed by atoms with Crippen molar-refractivity contribution in [3.63, 3.8) is 0 Å². The van der Waals surface area contributed by atoms with Crippen LogP contribution >= 0.6 is 0 Å². The molecule has 1 N–H and O–H groups in total. The highest BCUT2D eigenvalue weighted by Gasteiger charge is 2.16. The van der Waals surface area contributed by atoms with Crippen LogP contribution < -0.4 is 10.2 Å². The lowest BCUT2D eigenvalue weighted by Crippen LogP contribution is -2.28. The number of amides is 1. The maximum absolute atomic E-state index is 12.7. The quantitative estimate of drug-likeness (QED) is 0.817. The third kappa shape index (κ3) is 4.78.